The van der Waals surface area contributed by atoms with Crippen LogP contribution in [0.25, 0.3) is 0 Å². The first-order valence-electron chi connectivity index (χ1n) is 5.15. The lowest BCUT2D eigenvalue weighted by Gasteiger charge is -2.28. The molecule has 1 atom stereocenters. The van der Waals surface area contributed by atoms with E-state index in [9.17, 15) is 8.42 Å². The molecular weight excluding hydrogens is 218 g/mol. The van der Waals surface area contributed by atoms with Crippen LogP contribution in [0.15, 0.2) is 0 Å². The molecule has 0 aromatic heterocycles. The third-order valence-electron chi connectivity index (χ3n) is 2.40. The summed E-state index contributed by atoms with van der Waals surface area (Å²) in [5.74, 6) is 0. The van der Waals surface area contributed by atoms with Gasteiger partial charge in [0.25, 0.3) is 10.2 Å². The van der Waals surface area contributed by atoms with E-state index in [1.807, 2.05) is 6.92 Å². The van der Waals surface area contributed by atoms with Crippen molar-refractivity contribution < 1.29 is 13.2 Å². The maximum atomic E-state index is 11.8. The molecule has 0 aliphatic carbocycles. The van der Waals surface area contributed by atoms with E-state index >= 15 is 0 Å². The Hall–Kier alpha value is -0.210. The molecule has 1 aliphatic heterocycles. The summed E-state index contributed by atoms with van der Waals surface area (Å²) in [6, 6.07) is -0.183. The zero-order valence-electron chi connectivity index (χ0n) is 8.98. The van der Waals surface area contributed by atoms with Gasteiger partial charge in [0.05, 0.1) is 13.2 Å². The van der Waals surface area contributed by atoms with E-state index in [1.54, 1.807) is 0 Å². The number of nitrogens with zero attached hydrogens (tertiary/aromatic N) is 1. The molecule has 0 saturated carbocycles. The molecular formula is C8H19N3O3S. The van der Waals surface area contributed by atoms with Crippen LogP contribution in [0.5, 0.6) is 0 Å². The maximum absolute atomic E-state index is 11.8. The molecule has 15 heavy (non-hydrogen) atoms. The molecule has 0 amide bonds. The molecule has 1 saturated heterocycles. The van der Waals surface area contributed by atoms with Crippen LogP contribution in [0.2, 0.25) is 0 Å². The summed E-state index contributed by atoms with van der Waals surface area (Å²) < 4.78 is 32.7. The van der Waals surface area contributed by atoms with Gasteiger partial charge in [0.2, 0.25) is 0 Å². The van der Waals surface area contributed by atoms with Crippen molar-refractivity contribution in [1.82, 2.24) is 9.03 Å². The van der Waals surface area contributed by atoms with E-state index in [4.69, 9.17) is 10.5 Å². The minimum absolute atomic E-state index is 0.183. The first kappa shape index (κ1) is 12.9. The molecule has 1 unspecified atom stereocenters. The molecule has 1 aliphatic rings. The van der Waals surface area contributed by atoms with Gasteiger partial charge in [0, 0.05) is 25.7 Å². The van der Waals surface area contributed by atoms with E-state index in [1.165, 1.54) is 4.31 Å². The standard InChI is InChI=1S/C8H19N3O3S/c1-2-8(7-9)10-15(12,13)11-3-5-14-6-4-11/h8,10H,2-7,9H2,1H3. The molecule has 0 bridgehead atoms. The van der Waals surface area contributed by atoms with Crippen molar-refractivity contribution in [1.29, 1.82) is 0 Å². The van der Waals surface area contributed by atoms with Crippen LogP contribution in [0.4, 0.5) is 0 Å². The van der Waals surface area contributed by atoms with E-state index in [0.29, 0.717) is 39.3 Å². The first-order chi connectivity index (χ1) is 7.10. The van der Waals surface area contributed by atoms with E-state index in [-0.39, 0.29) is 6.04 Å². The number of ether oxygens (including phenoxy) is 1. The summed E-state index contributed by atoms with van der Waals surface area (Å²) in [5, 5.41) is 0. The molecule has 6 nitrogen and oxygen atoms in total. The van der Waals surface area contributed by atoms with E-state index < -0.39 is 10.2 Å². The molecule has 90 valence electrons. The monoisotopic (exact) mass is 237 g/mol. The van der Waals surface area contributed by atoms with Gasteiger partial charge in [-0.25, -0.2) is 0 Å². The van der Waals surface area contributed by atoms with Crippen LogP contribution >= 0.6 is 0 Å². The van der Waals surface area contributed by atoms with Crippen molar-refractivity contribution in [3.63, 3.8) is 0 Å². The Morgan fingerprint density at radius 3 is 2.53 bits per heavy atom. The summed E-state index contributed by atoms with van der Waals surface area (Å²) in [5.41, 5.74) is 5.45. The van der Waals surface area contributed by atoms with Gasteiger partial charge >= 0.3 is 0 Å². The van der Waals surface area contributed by atoms with Crippen LogP contribution in [-0.2, 0) is 14.9 Å². The number of rotatable bonds is 5. The second-order valence-corrected chi connectivity index (χ2v) is 5.18. The maximum Gasteiger partial charge on any atom is 0.279 e. The van der Waals surface area contributed by atoms with Gasteiger partial charge in [-0.15, -0.1) is 0 Å². The van der Waals surface area contributed by atoms with Crippen LogP contribution in [0.3, 0.4) is 0 Å². The Morgan fingerprint density at radius 1 is 1.47 bits per heavy atom. The highest BCUT2D eigenvalue weighted by Gasteiger charge is 2.25. The summed E-state index contributed by atoms with van der Waals surface area (Å²) in [4.78, 5) is 0. The second-order valence-electron chi connectivity index (χ2n) is 3.48. The van der Waals surface area contributed by atoms with Crippen molar-refractivity contribution in [3.8, 4) is 0 Å². The van der Waals surface area contributed by atoms with Crippen molar-refractivity contribution >= 4 is 10.2 Å². The van der Waals surface area contributed by atoms with Gasteiger partial charge in [0.15, 0.2) is 0 Å². The summed E-state index contributed by atoms with van der Waals surface area (Å²) in [7, 11) is -3.38. The number of nitrogens with two attached hydrogens (primary N) is 1. The smallest absolute Gasteiger partial charge is 0.279 e. The Labute approximate surface area is 90.9 Å². The summed E-state index contributed by atoms with van der Waals surface area (Å²) in [6.45, 7) is 3.97. The van der Waals surface area contributed by atoms with E-state index in [0.717, 1.165) is 0 Å². The molecule has 3 N–H and O–H groups in total. The predicted molar refractivity (Wildman–Crippen MR) is 57.6 cm³/mol. The van der Waals surface area contributed by atoms with Crippen LogP contribution in [-0.4, -0.2) is 51.6 Å². The fraction of sp³-hybridized carbons (Fsp3) is 1.00. The third-order valence-corrected chi connectivity index (χ3v) is 4.08. The quantitative estimate of drug-likeness (QED) is 0.635. The highest BCUT2D eigenvalue weighted by molar-refractivity contribution is 7.87. The fourth-order valence-corrected chi connectivity index (χ4v) is 2.83. The SMILES string of the molecule is CCC(CN)NS(=O)(=O)N1CCOCC1. The lowest BCUT2D eigenvalue weighted by atomic mass is 10.2. The van der Waals surface area contributed by atoms with Crippen molar-refractivity contribution in [2.24, 2.45) is 5.73 Å². The van der Waals surface area contributed by atoms with Gasteiger partial charge in [-0.2, -0.15) is 17.4 Å². The number of hydrogen-bond acceptors (Lipinski definition) is 4. The number of hydrogen-bond donors (Lipinski definition) is 2. The third kappa shape index (κ3) is 3.69. The molecule has 1 heterocycles. The van der Waals surface area contributed by atoms with Gasteiger partial charge in [-0.3, -0.25) is 0 Å². The molecule has 0 aromatic rings. The Morgan fingerprint density at radius 2 is 2.07 bits per heavy atom. The van der Waals surface area contributed by atoms with Crippen molar-refractivity contribution in [2.45, 2.75) is 19.4 Å². The highest BCUT2D eigenvalue weighted by atomic mass is 32.2. The normalized spacial score (nSPS) is 21.5. The number of morpholine rings is 1. The van der Waals surface area contributed by atoms with Gasteiger partial charge in [-0.1, -0.05) is 6.92 Å². The highest BCUT2D eigenvalue weighted by Crippen LogP contribution is 2.04. The van der Waals surface area contributed by atoms with Crippen LogP contribution in [0.1, 0.15) is 13.3 Å². The summed E-state index contributed by atoms with van der Waals surface area (Å²) >= 11 is 0. The Kier molecular flexibility index (Phi) is 4.94. The lowest BCUT2D eigenvalue weighted by molar-refractivity contribution is 0.0723. The molecule has 0 radical (unpaired) electrons. The Balaban J connectivity index is 2.56. The molecule has 0 aromatic carbocycles. The molecule has 1 fully saturated rings. The number of nitrogens with one attached hydrogen (secondary N) is 1. The molecule has 7 heteroatoms. The largest absolute Gasteiger partial charge is 0.379 e. The van der Waals surface area contributed by atoms with Crippen LogP contribution < -0.4 is 10.5 Å². The topological polar surface area (TPSA) is 84.7 Å². The second kappa shape index (κ2) is 5.76. The molecule has 0 spiro atoms. The average Bonchev–Trinajstić information content (AvgIpc) is 2.27. The van der Waals surface area contributed by atoms with Crippen LogP contribution in [0, 0.1) is 0 Å². The van der Waals surface area contributed by atoms with E-state index in [2.05, 4.69) is 4.72 Å². The minimum Gasteiger partial charge on any atom is -0.379 e. The predicted octanol–water partition coefficient (Wildman–Crippen LogP) is -1.11. The first-order valence-corrected chi connectivity index (χ1v) is 6.59. The zero-order valence-corrected chi connectivity index (χ0v) is 9.79. The molecule has 1 rings (SSSR count). The van der Waals surface area contributed by atoms with Crippen molar-refractivity contribution in [2.75, 3.05) is 32.8 Å². The average molecular weight is 237 g/mol. The fourth-order valence-electron chi connectivity index (χ4n) is 1.37. The zero-order chi connectivity index (χ0) is 11.3. The lowest BCUT2D eigenvalue weighted by Crippen LogP contribution is -2.51. The van der Waals surface area contributed by atoms with Gasteiger partial charge in [-0.05, 0) is 6.42 Å². The van der Waals surface area contributed by atoms with Gasteiger partial charge < -0.3 is 10.5 Å². The van der Waals surface area contributed by atoms with Crippen molar-refractivity contribution in [3.05, 3.63) is 0 Å². The summed E-state index contributed by atoms with van der Waals surface area (Å²) in [6.07, 6.45) is 0.695. The van der Waals surface area contributed by atoms with Gasteiger partial charge in [0.1, 0.15) is 0 Å². The minimum atomic E-state index is -3.38. The Bertz CT molecular complexity index is 271.